The third-order valence-electron chi connectivity index (χ3n) is 6.50. The maximum atomic E-state index is 13.7. The summed E-state index contributed by atoms with van der Waals surface area (Å²) in [7, 11) is 2.15. The summed E-state index contributed by atoms with van der Waals surface area (Å²) in [5.74, 6) is 0.205. The SMILES string of the molecule is CCOc1ncccc1C1(Nc2ccc(N3CCN(C)CC3)cc2)C(=O)Nc2ccc(Cl)cc21. The van der Waals surface area contributed by atoms with Crippen LogP contribution in [0.15, 0.2) is 60.8 Å². The van der Waals surface area contributed by atoms with E-state index in [-0.39, 0.29) is 5.91 Å². The summed E-state index contributed by atoms with van der Waals surface area (Å²) in [5.41, 5.74) is 2.83. The van der Waals surface area contributed by atoms with E-state index in [1.165, 1.54) is 5.69 Å². The number of nitrogens with one attached hydrogen (secondary N) is 2. The Morgan fingerprint density at radius 1 is 1.09 bits per heavy atom. The molecule has 0 saturated carbocycles. The van der Waals surface area contributed by atoms with Crippen LogP contribution >= 0.6 is 11.6 Å². The number of nitrogens with zero attached hydrogens (tertiary/aromatic N) is 3. The summed E-state index contributed by atoms with van der Waals surface area (Å²) in [5, 5.41) is 7.09. The van der Waals surface area contributed by atoms with Crippen molar-refractivity contribution < 1.29 is 9.53 Å². The first kappa shape index (κ1) is 22.5. The van der Waals surface area contributed by atoms with E-state index in [0.717, 1.165) is 37.4 Å². The molecule has 2 aromatic carbocycles. The normalized spacial score (nSPS) is 20.1. The van der Waals surface area contributed by atoms with Gasteiger partial charge in [-0.2, -0.15) is 0 Å². The Labute approximate surface area is 204 Å². The van der Waals surface area contributed by atoms with Gasteiger partial charge in [0.15, 0.2) is 5.54 Å². The Balaban J connectivity index is 1.56. The highest BCUT2D eigenvalue weighted by molar-refractivity contribution is 6.31. The molecule has 5 rings (SSSR count). The van der Waals surface area contributed by atoms with E-state index in [9.17, 15) is 4.79 Å². The third kappa shape index (κ3) is 3.95. The number of hydrogen-bond acceptors (Lipinski definition) is 6. The van der Waals surface area contributed by atoms with Gasteiger partial charge in [-0.1, -0.05) is 11.6 Å². The highest BCUT2D eigenvalue weighted by Crippen LogP contribution is 2.46. The van der Waals surface area contributed by atoms with Crippen LogP contribution in [-0.4, -0.2) is 55.6 Å². The molecule has 34 heavy (non-hydrogen) atoms. The number of rotatable bonds is 6. The standard InChI is InChI=1S/C26H28ClN5O2/c1-3-34-24-21(5-4-12-28-24)26(22-17-18(27)6-11-23(22)29-25(26)33)30-19-7-9-20(10-8-19)32-15-13-31(2)14-16-32/h4-12,17,30H,3,13-16H2,1-2H3,(H,29,33). The van der Waals surface area contributed by atoms with Gasteiger partial charge in [0.1, 0.15) is 0 Å². The number of anilines is 3. The molecule has 3 heterocycles. The number of aromatic nitrogens is 1. The summed E-state index contributed by atoms with van der Waals surface area (Å²) in [6.07, 6.45) is 1.67. The van der Waals surface area contributed by atoms with Crippen LogP contribution in [-0.2, 0) is 10.3 Å². The molecule has 1 amide bonds. The number of fused-ring (bicyclic) bond motifs is 1. The lowest BCUT2D eigenvalue weighted by Crippen LogP contribution is -2.44. The predicted octanol–water partition coefficient (Wildman–Crippen LogP) is 4.19. The van der Waals surface area contributed by atoms with E-state index in [1.807, 2.05) is 43.3 Å². The summed E-state index contributed by atoms with van der Waals surface area (Å²) in [4.78, 5) is 22.8. The number of pyridine rings is 1. The largest absolute Gasteiger partial charge is 0.478 e. The maximum Gasteiger partial charge on any atom is 0.259 e. The number of hydrogen-bond donors (Lipinski definition) is 2. The third-order valence-corrected chi connectivity index (χ3v) is 6.73. The van der Waals surface area contributed by atoms with Crippen molar-refractivity contribution in [3.8, 4) is 5.88 Å². The molecule has 0 aliphatic carbocycles. The van der Waals surface area contributed by atoms with Crippen molar-refractivity contribution in [2.24, 2.45) is 0 Å². The number of piperazine rings is 1. The fourth-order valence-corrected chi connectivity index (χ4v) is 4.87. The number of amides is 1. The molecule has 0 spiro atoms. The van der Waals surface area contributed by atoms with Crippen LogP contribution in [0, 0.1) is 0 Å². The zero-order valence-electron chi connectivity index (χ0n) is 19.3. The van der Waals surface area contributed by atoms with Crippen molar-refractivity contribution in [3.63, 3.8) is 0 Å². The second-order valence-electron chi connectivity index (χ2n) is 8.65. The molecule has 2 aliphatic heterocycles. The molecule has 2 aliphatic rings. The highest BCUT2D eigenvalue weighted by Gasteiger charge is 2.50. The van der Waals surface area contributed by atoms with Gasteiger partial charge in [-0.15, -0.1) is 0 Å². The Bertz CT molecular complexity index is 1190. The minimum Gasteiger partial charge on any atom is -0.478 e. The van der Waals surface area contributed by atoms with E-state index in [1.54, 1.807) is 12.3 Å². The molecule has 0 bridgehead atoms. The minimum absolute atomic E-state index is 0.207. The Hall–Kier alpha value is -3.29. The number of halogens is 1. The van der Waals surface area contributed by atoms with Crippen LogP contribution in [0.4, 0.5) is 17.1 Å². The second-order valence-corrected chi connectivity index (χ2v) is 9.08. The molecule has 7 nitrogen and oxygen atoms in total. The molecule has 0 radical (unpaired) electrons. The van der Waals surface area contributed by atoms with Crippen LogP contribution in [0.5, 0.6) is 5.88 Å². The van der Waals surface area contributed by atoms with Gasteiger partial charge in [0, 0.05) is 60.0 Å². The summed E-state index contributed by atoms with van der Waals surface area (Å²) in [6, 6.07) is 17.3. The molecule has 1 atom stereocenters. The average molecular weight is 478 g/mol. The van der Waals surface area contributed by atoms with E-state index in [2.05, 4.69) is 44.6 Å². The van der Waals surface area contributed by atoms with Gasteiger partial charge in [0.05, 0.1) is 12.2 Å². The Kier molecular flexibility index (Phi) is 6.06. The quantitative estimate of drug-likeness (QED) is 0.554. The van der Waals surface area contributed by atoms with E-state index < -0.39 is 5.54 Å². The zero-order chi connectivity index (χ0) is 23.7. The fourth-order valence-electron chi connectivity index (χ4n) is 4.70. The first-order valence-corrected chi connectivity index (χ1v) is 11.9. The highest BCUT2D eigenvalue weighted by atomic mass is 35.5. The van der Waals surface area contributed by atoms with Gasteiger partial charge in [-0.3, -0.25) is 4.79 Å². The lowest BCUT2D eigenvalue weighted by Gasteiger charge is -2.34. The number of carbonyl (C=O) groups is 1. The molecule has 2 N–H and O–H groups in total. The Morgan fingerprint density at radius 2 is 1.85 bits per heavy atom. The van der Waals surface area contributed by atoms with Crippen molar-refractivity contribution in [2.45, 2.75) is 12.5 Å². The smallest absolute Gasteiger partial charge is 0.259 e. The van der Waals surface area contributed by atoms with E-state index >= 15 is 0 Å². The molecular weight excluding hydrogens is 450 g/mol. The summed E-state index contributed by atoms with van der Waals surface area (Å²) in [6.45, 7) is 6.41. The lowest BCUT2D eigenvalue weighted by atomic mass is 9.83. The van der Waals surface area contributed by atoms with Crippen LogP contribution < -0.4 is 20.3 Å². The molecule has 1 unspecified atom stereocenters. The number of carbonyl (C=O) groups excluding carboxylic acids is 1. The Morgan fingerprint density at radius 3 is 2.59 bits per heavy atom. The molecule has 176 valence electrons. The minimum atomic E-state index is -1.24. The molecule has 1 saturated heterocycles. The van der Waals surface area contributed by atoms with Crippen molar-refractivity contribution in [1.29, 1.82) is 0 Å². The molecule has 1 fully saturated rings. The molecule has 3 aromatic rings. The van der Waals surface area contributed by atoms with Crippen LogP contribution in [0.25, 0.3) is 0 Å². The van der Waals surface area contributed by atoms with Gasteiger partial charge in [-0.25, -0.2) is 4.98 Å². The van der Waals surface area contributed by atoms with Crippen LogP contribution in [0.1, 0.15) is 18.1 Å². The number of benzene rings is 2. The monoisotopic (exact) mass is 477 g/mol. The molecule has 8 heteroatoms. The van der Waals surface area contributed by atoms with Gasteiger partial charge in [0.2, 0.25) is 5.88 Å². The van der Waals surface area contributed by atoms with Gasteiger partial charge in [-0.05, 0) is 68.6 Å². The van der Waals surface area contributed by atoms with Crippen molar-refractivity contribution in [1.82, 2.24) is 9.88 Å². The van der Waals surface area contributed by atoms with Crippen molar-refractivity contribution in [2.75, 3.05) is 55.4 Å². The van der Waals surface area contributed by atoms with Crippen LogP contribution in [0.2, 0.25) is 5.02 Å². The average Bonchev–Trinajstić information content (AvgIpc) is 3.12. The topological polar surface area (TPSA) is 69.7 Å². The summed E-state index contributed by atoms with van der Waals surface area (Å²) < 4.78 is 5.84. The first-order chi connectivity index (χ1) is 16.5. The first-order valence-electron chi connectivity index (χ1n) is 11.5. The van der Waals surface area contributed by atoms with E-state index in [4.69, 9.17) is 16.3 Å². The van der Waals surface area contributed by atoms with Crippen molar-refractivity contribution in [3.05, 3.63) is 76.9 Å². The van der Waals surface area contributed by atoms with Crippen LogP contribution in [0.3, 0.4) is 0 Å². The zero-order valence-corrected chi connectivity index (χ0v) is 20.1. The second kappa shape index (κ2) is 9.16. The fraction of sp³-hybridized carbons (Fsp3) is 0.308. The molecular formula is C26H28ClN5O2. The van der Waals surface area contributed by atoms with E-state index in [0.29, 0.717) is 28.8 Å². The number of likely N-dealkylation sites (N-methyl/N-ethyl adjacent to an activating group) is 1. The van der Waals surface area contributed by atoms with Gasteiger partial charge in [0.25, 0.3) is 5.91 Å². The maximum absolute atomic E-state index is 13.7. The molecule has 1 aromatic heterocycles. The predicted molar refractivity (Wildman–Crippen MR) is 136 cm³/mol. The van der Waals surface area contributed by atoms with Gasteiger partial charge >= 0.3 is 0 Å². The van der Waals surface area contributed by atoms with Crippen molar-refractivity contribution >= 4 is 34.6 Å². The number of ether oxygens (including phenoxy) is 1. The summed E-state index contributed by atoms with van der Waals surface area (Å²) >= 11 is 6.38. The van der Waals surface area contributed by atoms with Gasteiger partial charge < -0.3 is 25.2 Å². The lowest BCUT2D eigenvalue weighted by molar-refractivity contribution is -0.118.